The van der Waals surface area contributed by atoms with Crippen molar-refractivity contribution in [3.05, 3.63) is 22.8 Å². The van der Waals surface area contributed by atoms with Crippen LogP contribution in [0, 0.1) is 0 Å². The molecule has 5 heteroatoms. The molecule has 1 saturated heterocycles. The van der Waals surface area contributed by atoms with E-state index in [9.17, 15) is 0 Å². The number of rotatable bonds is 2. The molecule has 0 bridgehead atoms. The summed E-state index contributed by atoms with van der Waals surface area (Å²) in [6, 6.07) is 3.85. The lowest BCUT2D eigenvalue weighted by Gasteiger charge is -2.33. The Labute approximate surface area is 97.0 Å². The van der Waals surface area contributed by atoms with Gasteiger partial charge in [-0.3, -0.25) is 0 Å². The molecule has 0 spiro atoms. The third kappa shape index (κ3) is 2.48. The Balaban J connectivity index is 2.13. The van der Waals surface area contributed by atoms with Crippen molar-refractivity contribution in [3.8, 4) is 0 Å². The first kappa shape index (κ1) is 10.9. The van der Waals surface area contributed by atoms with E-state index in [4.69, 9.17) is 9.84 Å². The fourth-order valence-corrected chi connectivity index (χ4v) is 2.14. The van der Waals surface area contributed by atoms with Gasteiger partial charge in [-0.05, 0) is 28.1 Å². The van der Waals surface area contributed by atoms with Crippen molar-refractivity contribution in [1.29, 1.82) is 0 Å². The minimum absolute atomic E-state index is 0.0565. The predicted molar refractivity (Wildman–Crippen MR) is 61.0 cm³/mol. The number of hydrogen-bond donors (Lipinski definition) is 1. The molecule has 1 aromatic heterocycles. The van der Waals surface area contributed by atoms with Crippen LogP contribution in [-0.4, -0.2) is 42.5 Å². The number of aliphatic hydroxyl groups excluding tert-OH is 1. The van der Waals surface area contributed by atoms with Crippen LogP contribution < -0.4 is 4.90 Å². The van der Waals surface area contributed by atoms with Gasteiger partial charge in [0.2, 0.25) is 0 Å². The van der Waals surface area contributed by atoms with E-state index >= 15 is 0 Å². The van der Waals surface area contributed by atoms with Gasteiger partial charge in [0.1, 0.15) is 5.82 Å². The fraction of sp³-hybridized carbons (Fsp3) is 0.500. The lowest BCUT2D eigenvalue weighted by atomic mass is 10.3. The third-order valence-corrected chi connectivity index (χ3v) is 3.00. The quantitative estimate of drug-likeness (QED) is 0.874. The zero-order chi connectivity index (χ0) is 10.7. The Morgan fingerprint density at radius 2 is 2.53 bits per heavy atom. The maximum absolute atomic E-state index is 9.04. The topological polar surface area (TPSA) is 45.6 Å². The Hall–Kier alpha value is -0.650. The van der Waals surface area contributed by atoms with E-state index in [-0.39, 0.29) is 12.7 Å². The second kappa shape index (κ2) is 4.92. The van der Waals surface area contributed by atoms with Crippen molar-refractivity contribution in [2.24, 2.45) is 0 Å². The average Bonchev–Trinajstić information content (AvgIpc) is 2.30. The standard InChI is InChI=1S/C10H13BrN2O2/c11-9-2-1-3-12-10(9)13-4-5-15-8(6-13)7-14/h1-3,8,14H,4-7H2. The van der Waals surface area contributed by atoms with Gasteiger partial charge < -0.3 is 14.7 Å². The van der Waals surface area contributed by atoms with Crippen LogP contribution in [0.15, 0.2) is 22.8 Å². The summed E-state index contributed by atoms with van der Waals surface area (Å²) in [6.07, 6.45) is 1.66. The first-order valence-electron chi connectivity index (χ1n) is 4.89. The first-order chi connectivity index (χ1) is 7.31. The van der Waals surface area contributed by atoms with Crippen LogP contribution in [0.25, 0.3) is 0 Å². The van der Waals surface area contributed by atoms with E-state index in [1.54, 1.807) is 6.20 Å². The highest BCUT2D eigenvalue weighted by Crippen LogP contribution is 2.24. The normalized spacial score (nSPS) is 21.7. The number of pyridine rings is 1. The van der Waals surface area contributed by atoms with E-state index in [0.29, 0.717) is 13.2 Å². The second-order valence-corrected chi connectivity index (χ2v) is 4.28. The lowest BCUT2D eigenvalue weighted by Crippen LogP contribution is -2.44. The van der Waals surface area contributed by atoms with Gasteiger partial charge >= 0.3 is 0 Å². The Morgan fingerprint density at radius 3 is 3.27 bits per heavy atom. The summed E-state index contributed by atoms with van der Waals surface area (Å²) in [5.74, 6) is 0.916. The highest BCUT2D eigenvalue weighted by molar-refractivity contribution is 9.10. The van der Waals surface area contributed by atoms with Crippen LogP contribution in [0.3, 0.4) is 0 Å². The molecule has 0 amide bonds. The molecule has 0 aliphatic carbocycles. The van der Waals surface area contributed by atoms with Crippen molar-refractivity contribution >= 4 is 21.7 Å². The molecule has 15 heavy (non-hydrogen) atoms. The molecule has 4 nitrogen and oxygen atoms in total. The SMILES string of the molecule is OCC1CN(c2ncccc2Br)CCO1. The van der Waals surface area contributed by atoms with Crippen LogP contribution in [0.4, 0.5) is 5.82 Å². The van der Waals surface area contributed by atoms with Crippen LogP contribution in [-0.2, 0) is 4.74 Å². The summed E-state index contributed by atoms with van der Waals surface area (Å²) in [5.41, 5.74) is 0. The van der Waals surface area contributed by atoms with Crippen LogP contribution in [0.5, 0.6) is 0 Å². The summed E-state index contributed by atoms with van der Waals surface area (Å²) >= 11 is 3.47. The maximum atomic E-state index is 9.04. The van der Waals surface area contributed by atoms with Gasteiger partial charge in [-0.2, -0.15) is 0 Å². The Bertz CT molecular complexity index is 335. The zero-order valence-electron chi connectivity index (χ0n) is 8.27. The average molecular weight is 273 g/mol. The molecule has 82 valence electrons. The highest BCUT2D eigenvalue weighted by Gasteiger charge is 2.21. The molecular weight excluding hydrogens is 260 g/mol. The number of hydrogen-bond acceptors (Lipinski definition) is 4. The smallest absolute Gasteiger partial charge is 0.143 e. The largest absolute Gasteiger partial charge is 0.394 e. The molecule has 0 saturated carbocycles. The minimum Gasteiger partial charge on any atom is -0.394 e. The van der Waals surface area contributed by atoms with Crippen molar-refractivity contribution in [2.75, 3.05) is 31.2 Å². The second-order valence-electron chi connectivity index (χ2n) is 3.43. The molecule has 1 unspecified atom stereocenters. The van der Waals surface area contributed by atoms with E-state index in [2.05, 4.69) is 25.8 Å². The maximum Gasteiger partial charge on any atom is 0.143 e. The van der Waals surface area contributed by atoms with Crippen molar-refractivity contribution in [2.45, 2.75) is 6.10 Å². The zero-order valence-corrected chi connectivity index (χ0v) is 9.85. The van der Waals surface area contributed by atoms with Crippen LogP contribution in [0.1, 0.15) is 0 Å². The summed E-state index contributed by atoms with van der Waals surface area (Å²) < 4.78 is 6.36. The minimum atomic E-state index is -0.104. The molecule has 0 aromatic carbocycles. The number of anilines is 1. The fourth-order valence-electron chi connectivity index (χ4n) is 1.63. The number of nitrogens with zero attached hydrogens (tertiary/aromatic N) is 2. The monoisotopic (exact) mass is 272 g/mol. The summed E-state index contributed by atoms with van der Waals surface area (Å²) in [4.78, 5) is 6.43. The molecule has 0 radical (unpaired) electrons. The number of morpholine rings is 1. The van der Waals surface area contributed by atoms with Crippen molar-refractivity contribution < 1.29 is 9.84 Å². The van der Waals surface area contributed by atoms with Gasteiger partial charge in [0, 0.05) is 19.3 Å². The third-order valence-electron chi connectivity index (χ3n) is 2.38. The van der Waals surface area contributed by atoms with Gasteiger partial charge in [-0.25, -0.2) is 4.98 Å². The van der Waals surface area contributed by atoms with Crippen LogP contribution in [0.2, 0.25) is 0 Å². The summed E-state index contributed by atoms with van der Waals surface area (Å²) in [5, 5.41) is 9.04. The van der Waals surface area contributed by atoms with Gasteiger partial charge in [0.05, 0.1) is 23.8 Å². The van der Waals surface area contributed by atoms with Gasteiger partial charge in [0.15, 0.2) is 0 Å². The summed E-state index contributed by atoms with van der Waals surface area (Å²) in [6.45, 7) is 2.19. The molecule has 2 heterocycles. The van der Waals surface area contributed by atoms with Gasteiger partial charge in [-0.15, -0.1) is 0 Å². The molecule has 2 rings (SSSR count). The molecule has 1 aliphatic heterocycles. The summed E-state index contributed by atoms with van der Waals surface area (Å²) in [7, 11) is 0. The Kier molecular flexibility index (Phi) is 3.56. The van der Waals surface area contributed by atoms with Crippen molar-refractivity contribution in [3.63, 3.8) is 0 Å². The molecule has 1 fully saturated rings. The van der Waals surface area contributed by atoms with E-state index in [1.165, 1.54) is 0 Å². The van der Waals surface area contributed by atoms with Gasteiger partial charge in [0.25, 0.3) is 0 Å². The molecule has 1 atom stereocenters. The van der Waals surface area contributed by atoms with Crippen LogP contribution >= 0.6 is 15.9 Å². The first-order valence-corrected chi connectivity index (χ1v) is 5.68. The molecule has 1 aromatic rings. The number of halogens is 1. The van der Waals surface area contributed by atoms with E-state index in [1.807, 2.05) is 12.1 Å². The highest BCUT2D eigenvalue weighted by atomic mass is 79.9. The predicted octanol–water partition coefficient (Wildman–Crippen LogP) is 1.04. The molecule has 1 aliphatic rings. The van der Waals surface area contributed by atoms with E-state index in [0.717, 1.165) is 16.8 Å². The number of aliphatic hydroxyl groups is 1. The number of aromatic nitrogens is 1. The molecule has 1 N–H and O–H groups in total. The molecular formula is C10H13BrN2O2. The van der Waals surface area contributed by atoms with E-state index < -0.39 is 0 Å². The number of ether oxygens (including phenoxy) is 1. The Morgan fingerprint density at radius 1 is 1.67 bits per heavy atom. The lowest BCUT2D eigenvalue weighted by molar-refractivity contribution is 0.00332. The van der Waals surface area contributed by atoms with Gasteiger partial charge in [-0.1, -0.05) is 0 Å². The van der Waals surface area contributed by atoms with Crippen molar-refractivity contribution in [1.82, 2.24) is 4.98 Å².